The molecule has 0 aliphatic carbocycles. The SMILES string of the molecule is O=C(O)CNC(=O)c1c(O)c(-c2ccccc2)cc2ncc(-c3ccccc3)nc12. The van der Waals surface area contributed by atoms with Gasteiger partial charge in [0, 0.05) is 11.1 Å². The van der Waals surface area contributed by atoms with Crippen LogP contribution in [0.25, 0.3) is 33.4 Å². The normalized spacial score (nSPS) is 10.7. The lowest BCUT2D eigenvalue weighted by Crippen LogP contribution is -2.29. The Hall–Kier alpha value is -4.26. The predicted molar refractivity (Wildman–Crippen MR) is 112 cm³/mol. The number of benzene rings is 3. The van der Waals surface area contributed by atoms with E-state index >= 15 is 0 Å². The maximum Gasteiger partial charge on any atom is 0.322 e. The molecule has 0 saturated carbocycles. The van der Waals surface area contributed by atoms with Gasteiger partial charge in [0.1, 0.15) is 23.4 Å². The number of aromatic nitrogens is 2. The molecule has 148 valence electrons. The number of amides is 1. The van der Waals surface area contributed by atoms with E-state index in [0.717, 1.165) is 5.56 Å². The highest BCUT2D eigenvalue weighted by Crippen LogP contribution is 2.37. The van der Waals surface area contributed by atoms with Gasteiger partial charge in [0.2, 0.25) is 0 Å². The largest absolute Gasteiger partial charge is 0.506 e. The molecule has 7 heteroatoms. The molecule has 0 fully saturated rings. The fourth-order valence-electron chi connectivity index (χ4n) is 3.19. The summed E-state index contributed by atoms with van der Waals surface area (Å²) in [4.78, 5) is 32.7. The van der Waals surface area contributed by atoms with Crippen LogP contribution in [0.2, 0.25) is 0 Å². The Morgan fingerprint density at radius 1 is 0.933 bits per heavy atom. The Bertz CT molecular complexity index is 1240. The summed E-state index contributed by atoms with van der Waals surface area (Å²) < 4.78 is 0. The van der Waals surface area contributed by atoms with Crippen LogP contribution in [0, 0.1) is 0 Å². The predicted octanol–water partition coefficient (Wildman–Crippen LogP) is 3.48. The average molecular weight is 399 g/mol. The minimum atomic E-state index is -1.19. The molecular weight excluding hydrogens is 382 g/mol. The number of carboxylic acids is 1. The van der Waals surface area contributed by atoms with E-state index in [1.165, 1.54) is 0 Å². The van der Waals surface area contributed by atoms with Crippen LogP contribution < -0.4 is 5.32 Å². The number of phenols is 1. The summed E-state index contributed by atoms with van der Waals surface area (Å²) in [6.45, 7) is -0.582. The highest BCUT2D eigenvalue weighted by atomic mass is 16.4. The van der Waals surface area contributed by atoms with Gasteiger partial charge in [-0.25, -0.2) is 4.98 Å². The minimum absolute atomic E-state index is 0.113. The van der Waals surface area contributed by atoms with E-state index in [9.17, 15) is 14.7 Å². The fourth-order valence-corrected chi connectivity index (χ4v) is 3.19. The number of carbonyl (C=O) groups is 2. The van der Waals surface area contributed by atoms with Crippen molar-refractivity contribution in [2.45, 2.75) is 0 Å². The Morgan fingerprint density at radius 2 is 1.57 bits per heavy atom. The average Bonchev–Trinajstić information content (AvgIpc) is 2.78. The molecule has 4 aromatic rings. The van der Waals surface area contributed by atoms with Gasteiger partial charge in [-0.05, 0) is 11.6 Å². The molecule has 4 rings (SSSR count). The second kappa shape index (κ2) is 8.00. The van der Waals surface area contributed by atoms with Crippen LogP contribution in [0.1, 0.15) is 10.4 Å². The summed E-state index contributed by atoms with van der Waals surface area (Å²) in [5.74, 6) is -2.21. The van der Waals surface area contributed by atoms with Crippen molar-refractivity contribution in [1.29, 1.82) is 0 Å². The summed E-state index contributed by atoms with van der Waals surface area (Å²) in [6, 6.07) is 20.0. The van der Waals surface area contributed by atoms with E-state index in [0.29, 0.717) is 22.3 Å². The van der Waals surface area contributed by atoms with Crippen LogP contribution in [0.15, 0.2) is 72.9 Å². The number of phenolic OH excluding ortho intramolecular Hbond substituents is 1. The lowest BCUT2D eigenvalue weighted by atomic mass is 9.99. The zero-order valence-corrected chi connectivity index (χ0v) is 15.7. The molecule has 0 atom stereocenters. The van der Waals surface area contributed by atoms with Gasteiger partial charge in [-0.3, -0.25) is 14.6 Å². The molecule has 3 N–H and O–H groups in total. The van der Waals surface area contributed by atoms with E-state index in [2.05, 4.69) is 15.3 Å². The number of carboxylic acid groups (broad SMARTS) is 1. The molecule has 30 heavy (non-hydrogen) atoms. The molecule has 0 spiro atoms. The molecule has 0 aliphatic heterocycles. The standard InChI is InChI=1S/C23H17N3O4/c27-19(28)13-25-23(30)20-21-17(11-16(22(20)29)14-7-3-1-4-8-14)24-12-18(26-21)15-9-5-2-6-10-15/h1-12,29H,13H2,(H,25,30)(H,27,28). The Morgan fingerprint density at radius 3 is 2.20 bits per heavy atom. The van der Waals surface area contributed by atoms with Crippen molar-refractivity contribution in [1.82, 2.24) is 15.3 Å². The van der Waals surface area contributed by atoms with Gasteiger partial charge in [-0.1, -0.05) is 60.7 Å². The number of rotatable bonds is 5. The van der Waals surface area contributed by atoms with Crippen molar-refractivity contribution < 1.29 is 19.8 Å². The third-order valence-electron chi connectivity index (χ3n) is 4.59. The third-order valence-corrected chi connectivity index (χ3v) is 4.59. The van der Waals surface area contributed by atoms with E-state index in [1.54, 1.807) is 24.4 Å². The van der Waals surface area contributed by atoms with Crippen LogP contribution in [-0.2, 0) is 4.79 Å². The van der Waals surface area contributed by atoms with Crippen LogP contribution in [-0.4, -0.2) is 38.6 Å². The Kier molecular flexibility index (Phi) is 5.09. The zero-order valence-electron chi connectivity index (χ0n) is 15.7. The smallest absolute Gasteiger partial charge is 0.322 e. The van der Waals surface area contributed by atoms with Crippen molar-refractivity contribution in [3.63, 3.8) is 0 Å². The van der Waals surface area contributed by atoms with Crippen molar-refractivity contribution >= 4 is 22.9 Å². The monoisotopic (exact) mass is 399 g/mol. The van der Waals surface area contributed by atoms with E-state index in [1.807, 2.05) is 48.5 Å². The number of carbonyl (C=O) groups excluding carboxylic acids is 1. The summed E-state index contributed by atoms with van der Waals surface area (Å²) in [6.07, 6.45) is 1.60. The first-order valence-corrected chi connectivity index (χ1v) is 9.18. The highest BCUT2D eigenvalue weighted by Gasteiger charge is 2.22. The number of nitrogens with one attached hydrogen (secondary N) is 1. The first-order chi connectivity index (χ1) is 14.5. The number of aliphatic carboxylic acids is 1. The molecule has 1 amide bonds. The van der Waals surface area contributed by atoms with Gasteiger partial charge in [-0.15, -0.1) is 0 Å². The molecule has 1 aromatic heterocycles. The Balaban J connectivity index is 1.94. The molecule has 0 saturated heterocycles. The van der Waals surface area contributed by atoms with Gasteiger partial charge >= 0.3 is 5.97 Å². The number of aromatic hydroxyl groups is 1. The fraction of sp³-hybridized carbons (Fsp3) is 0.0435. The van der Waals surface area contributed by atoms with Gasteiger partial charge in [0.05, 0.1) is 17.4 Å². The third kappa shape index (κ3) is 3.68. The van der Waals surface area contributed by atoms with Gasteiger partial charge in [0.15, 0.2) is 0 Å². The number of hydrogen-bond acceptors (Lipinski definition) is 5. The lowest BCUT2D eigenvalue weighted by Gasteiger charge is -2.13. The van der Waals surface area contributed by atoms with Crippen molar-refractivity contribution in [3.8, 4) is 28.1 Å². The van der Waals surface area contributed by atoms with Crippen LogP contribution in [0.4, 0.5) is 0 Å². The number of nitrogens with zero attached hydrogens (tertiary/aromatic N) is 2. The summed E-state index contributed by atoms with van der Waals surface area (Å²) in [5, 5.41) is 22.2. The maximum atomic E-state index is 12.8. The van der Waals surface area contributed by atoms with Gasteiger partial charge in [0.25, 0.3) is 5.91 Å². The minimum Gasteiger partial charge on any atom is -0.506 e. The molecule has 0 unspecified atom stereocenters. The van der Waals surface area contributed by atoms with E-state index in [-0.39, 0.29) is 16.8 Å². The zero-order chi connectivity index (χ0) is 21.1. The van der Waals surface area contributed by atoms with Crippen LogP contribution in [0.5, 0.6) is 5.75 Å². The lowest BCUT2D eigenvalue weighted by molar-refractivity contribution is -0.135. The molecular formula is C23H17N3O4. The first kappa shape index (κ1) is 19.1. The van der Waals surface area contributed by atoms with E-state index < -0.39 is 18.4 Å². The second-order valence-corrected chi connectivity index (χ2v) is 6.58. The van der Waals surface area contributed by atoms with Crippen LogP contribution >= 0.6 is 0 Å². The molecule has 0 radical (unpaired) electrons. The number of fused-ring (bicyclic) bond motifs is 1. The molecule has 7 nitrogen and oxygen atoms in total. The summed E-state index contributed by atoms with van der Waals surface area (Å²) >= 11 is 0. The van der Waals surface area contributed by atoms with Gasteiger partial charge < -0.3 is 15.5 Å². The quantitative estimate of drug-likeness (QED) is 0.474. The Labute approximate surface area is 171 Å². The van der Waals surface area contributed by atoms with Crippen molar-refractivity contribution in [2.24, 2.45) is 0 Å². The molecule has 0 aliphatic rings. The molecule has 0 bridgehead atoms. The molecule has 1 heterocycles. The number of hydrogen-bond donors (Lipinski definition) is 3. The highest BCUT2D eigenvalue weighted by molar-refractivity contribution is 6.10. The van der Waals surface area contributed by atoms with Crippen molar-refractivity contribution in [3.05, 3.63) is 78.5 Å². The van der Waals surface area contributed by atoms with Crippen LogP contribution in [0.3, 0.4) is 0 Å². The maximum absolute atomic E-state index is 12.8. The topological polar surface area (TPSA) is 112 Å². The first-order valence-electron chi connectivity index (χ1n) is 9.18. The second-order valence-electron chi connectivity index (χ2n) is 6.58. The molecule has 3 aromatic carbocycles. The van der Waals surface area contributed by atoms with Crippen molar-refractivity contribution in [2.75, 3.05) is 6.54 Å². The summed E-state index contributed by atoms with van der Waals surface area (Å²) in [5.41, 5.74) is 2.92. The van der Waals surface area contributed by atoms with Gasteiger partial charge in [-0.2, -0.15) is 0 Å². The van der Waals surface area contributed by atoms with E-state index in [4.69, 9.17) is 5.11 Å². The summed E-state index contributed by atoms with van der Waals surface area (Å²) in [7, 11) is 0.